The molecule has 10 heteroatoms. The lowest BCUT2D eigenvalue weighted by Gasteiger charge is -2.04. The molecule has 1 amide bonds. The highest BCUT2D eigenvalue weighted by Gasteiger charge is 2.12. The number of nitro groups is 1. The maximum Gasteiger partial charge on any atom is 0.271 e. The molecule has 1 aromatic heterocycles. The number of nitrogens with zero attached hydrogens (tertiary/aromatic N) is 4. The van der Waals surface area contributed by atoms with Gasteiger partial charge in [0.1, 0.15) is 11.6 Å². The van der Waals surface area contributed by atoms with Crippen LogP contribution in [0, 0.1) is 21.4 Å². The summed E-state index contributed by atoms with van der Waals surface area (Å²) in [5.74, 6) is -0.517. The van der Waals surface area contributed by atoms with Crippen LogP contribution in [0.15, 0.2) is 52.9 Å². The highest BCUT2D eigenvalue weighted by atomic mass is 79.9. The third kappa shape index (κ3) is 4.59. The first-order chi connectivity index (χ1) is 11.5. The smallest absolute Gasteiger partial charge is 0.271 e. The molecule has 0 atom stereocenters. The quantitative estimate of drug-likeness (QED) is 0.347. The Bertz CT molecular complexity index is 844. The Hall–Kier alpha value is -3.32. The van der Waals surface area contributed by atoms with Crippen molar-refractivity contribution in [1.29, 1.82) is 5.26 Å². The Balaban J connectivity index is 2.10. The maximum atomic E-state index is 12.0. The number of carbonyl (C=O) groups is 1. The number of carbonyl (C=O) groups excluding carboxylic acids is 1. The van der Waals surface area contributed by atoms with Crippen LogP contribution in [0.25, 0.3) is 0 Å². The van der Waals surface area contributed by atoms with E-state index >= 15 is 0 Å². The zero-order chi connectivity index (χ0) is 17.5. The molecule has 0 bridgehead atoms. The van der Waals surface area contributed by atoms with Gasteiger partial charge in [0.2, 0.25) is 5.95 Å². The molecule has 0 spiro atoms. The number of non-ortho nitro benzene ring substituents is 1. The molecule has 2 rings (SSSR count). The van der Waals surface area contributed by atoms with Gasteiger partial charge < -0.3 is 10.6 Å². The van der Waals surface area contributed by atoms with E-state index in [0.717, 1.165) is 6.20 Å². The number of nitrogens with one attached hydrogen (secondary N) is 2. The highest BCUT2D eigenvalue weighted by molar-refractivity contribution is 9.10. The van der Waals surface area contributed by atoms with Crippen molar-refractivity contribution in [3.63, 3.8) is 0 Å². The molecule has 24 heavy (non-hydrogen) atoms. The Morgan fingerprint density at radius 3 is 2.71 bits per heavy atom. The van der Waals surface area contributed by atoms with Gasteiger partial charge in [-0.05, 0) is 22.0 Å². The van der Waals surface area contributed by atoms with Gasteiger partial charge in [-0.2, -0.15) is 5.26 Å². The van der Waals surface area contributed by atoms with E-state index in [1.807, 2.05) is 0 Å². The van der Waals surface area contributed by atoms with E-state index in [-0.39, 0.29) is 22.9 Å². The molecular weight excluding hydrogens is 380 g/mol. The predicted octanol–water partition coefficient (Wildman–Crippen LogP) is 2.61. The van der Waals surface area contributed by atoms with Gasteiger partial charge >= 0.3 is 0 Å². The van der Waals surface area contributed by atoms with Crippen LogP contribution in [-0.4, -0.2) is 20.8 Å². The van der Waals surface area contributed by atoms with Crippen molar-refractivity contribution >= 4 is 39.2 Å². The van der Waals surface area contributed by atoms with Crippen molar-refractivity contribution in [2.45, 2.75) is 0 Å². The Kier molecular flexibility index (Phi) is 5.54. The molecule has 9 nitrogen and oxygen atoms in total. The van der Waals surface area contributed by atoms with Gasteiger partial charge in [-0.1, -0.05) is 6.07 Å². The number of nitro benzene ring substituents is 1. The van der Waals surface area contributed by atoms with E-state index in [4.69, 9.17) is 5.26 Å². The zero-order valence-electron chi connectivity index (χ0n) is 11.9. The average Bonchev–Trinajstić information content (AvgIpc) is 2.57. The first-order valence-electron chi connectivity index (χ1n) is 6.40. The molecule has 1 heterocycles. The van der Waals surface area contributed by atoms with E-state index in [0.29, 0.717) is 4.47 Å². The predicted molar refractivity (Wildman–Crippen MR) is 88.8 cm³/mol. The lowest BCUT2D eigenvalue weighted by molar-refractivity contribution is -0.384. The van der Waals surface area contributed by atoms with Gasteiger partial charge in [-0.15, -0.1) is 0 Å². The SMILES string of the molecule is N#C/C(=C/Nc1ncc(Br)cn1)C(=O)Nc1cccc([N+](=O)[O-])c1. The number of nitriles is 1. The fourth-order valence-electron chi connectivity index (χ4n) is 1.57. The lowest BCUT2D eigenvalue weighted by atomic mass is 10.2. The number of hydrogen-bond donors (Lipinski definition) is 2. The summed E-state index contributed by atoms with van der Waals surface area (Å²) in [6.45, 7) is 0. The number of halogens is 1. The molecule has 2 N–H and O–H groups in total. The highest BCUT2D eigenvalue weighted by Crippen LogP contribution is 2.17. The first kappa shape index (κ1) is 17.0. The molecule has 0 aliphatic rings. The second-order valence-electron chi connectivity index (χ2n) is 4.30. The number of rotatable bonds is 5. The Morgan fingerprint density at radius 1 is 1.38 bits per heavy atom. The number of aromatic nitrogens is 2. The fourth-order valence-corrected chi connectivity index (χ4v) is 1.77. The second-order valence-corrected chi connectivity index (χ2v) is 5.22. The van der Waals surface area contributed by atoms with Crippen LogP contribution in [-0.2, 0) is 4.79 Å². The molecule has 0 aliphatic carbocycles. The van der Waals surface area contributed by atoms with Gasteiger partial charge in [0, 0.05) is 36.4 Å². The van der Waals surface area contributed by atoms with E-state index in [9.17, 15) is 14.9 Å². The normalized spacial score (nSPS) is 10.6. The monoisotopic (exact) mass is 388 g/mol. The van der Waals surface area contributed by atoms with E-state index < -0.39 is 10.8 Å². The van der Waals surface area contributed by atoms with Crippen LogP contribution in [0.2, 0.25) is 0 Å². The molecule has 120 valence electrons. The number of anilines is 2. The maximum absolute atomic E-state index is 12.0. The summed E-state index contributed by atoms with van der Waals surface area (Å²) in [5.41, 5.74) is -0.208. The summed E-state index contributed by atoms with van der Waals surface area (Å²) < 4.78 is 0.681. The van der Waals surface area contributed by atoms with Crippen molar-refractivity contribution in [3.8, 4) is 6.07 Å². The molecule has 1 aromatic carbocycles. The van der Waals surface area contributed by atoms with Crippen molar-refractivity contribution in [2.24, 2.45) is 0 Å². The molecule has 0 aliphatic heterocycles. The van der Waals surface area contributed by atoms with Crippen molar-refractivity contribution in [2.75, 3.05) is 10.6 Å². The van der Waals surface area contributed by atoms with Crippen LogP contribution in [0.1, 0.15) is 0 Å². The standard InChI is InChI=1S/C14H9BrN6O3/c15-10-7-18-14(19-8-10)17-6-9(5-16)13(22)20-11-2-1-3-12(4-11)21(23)24/h1-4,6-8H,(H,20,22)(H,17,18,19)/b9-6-. The number of amides is 1. The summed E-state index contributed by atoms with van der Waals surface area (Å²) in [4.78, 5) is 30.0. The lowest BCUT2D eigenvalue weighted by Crippen LogP contribution is -2.14. The van der Waals surface area contributed by atoms with Crippen LogP contribution < -0.4 is 10.6 Å². The Labute approximate surface area is 144 Å². The van der Waals surface area contributed by atoms with Gasteiger partial charge in [-0.25, -0.2) is 9.97 Å². The molecule has 0 radical (unpaired) electrons. The topological polar surface area (TPSA) is 134 Å². The summed E-state index contributed by atoms with van der Waals surface area (Å²) in [6.07, 6.45) is 4.15. The summed E-state index contributed by atoms with van der Waals surface area (Å²) in [7, 11) is 0. The molecule has 0 unspecified atom stereocenters. The van der Waals surface area contributed by atoms with E-state index in [1.165, 1.54) is 36.7 Å². The average molecular weight is 389 g/mol. The second kappa shape index (κ2) is 7.80. The van der Waals surface area contributed by atoms with E-state index in [2.05, 4.69) is 36.5 Å². The molecule has 0 saturated carbocycles. The van der Waals surface area contributed by atoms with Gasteiger partial charge in [0.05, 0.1) is 9.40 Å². The number of hydrogen-bond acceptors (Lipinski definition) is 7. The summed E-state index contributed by atoms with van der Waals surface area (Å²) in [6, 6.07) is 7.12. The summed E-state index contributed by atoms with van der Waals surface area (Å²) >= 11 is 3.18. The molecule has 2 aromatic rings. The zero-order valence-corrected chi connectivity index (χ0v) is 13.5. The van der Waals surface area contributed by atoms with Crippen LogP contribution in [0.4, 0.5) is 17.3 Å². The third-order valence-corrected chi connectivity index (χ3v) is 3.06. The number of benzene rings is 1. The van der Waals surface area contributed by atoms with E-state index in [1.54, 1.807) is 6.07 Å². The largest absolute Gasteiger partial charge is 0.329 e. The third-order valence-electron chi connectivity index (χ3n) is 2.65. The minimum atomic E-state index is -0.720. The van der Waals surface area contributed by atoms with Crippen molar-refractivity contribution in [1.82, 2.24) is 9.97 Å². The molecular formula is C14H9BrN6O3. The fraction of sp³-hybridized carbons (Fsp3) is 0. The molecule has 0 saturated heterocycles. The van der Waals surface area contributed by atoms with Crippen molar-refractivity contribution in [3.05, 3.63) is 63.0 Å². The molecule has 0 fully saturated rings. The van der Waals surface area contributed by atoms with Crippen LogP contribution in [0.5, 0.6) is 0 Å². The summed E-state index contributed by atoms with van der Waals surface area (Å²) in [5, 5.41) is 24.8. The minimum Gasteiger partial charge on any atom is -0.329 e. The van der Waals surface area contributed by atoms with Crippen LogP contribution in [0.3, 0.4) is 0 Å². The first-order valence-corrected chi connectivity index (χ1v) is 7.19. The van der Waals surface area contributed by atoms with Crippen LogP contribution >= 0.6 is 15.9 Å². The Morgan fingerprint density at radius 2 is 2.08 bits per heavy atom. The minimum absolute atomic E-state index is 0.170. The van der Waals surface area contributed by atoms with Gasteiger partial charge in [-0.3, -0.25) is 14.9 Å². The van der Waals surface area contributed by atoms with Gasteiger partial charge in [0.15, 0.2) is 0 Å². The van der Waals surface area contributed by atoms with Gasteiger partial charge in [0.25, 0.3) is 11.6 Å². The van der Waals surface area contributed by atoms with Crippen molar-refractivity contribution < 1.29 is 9.72 Å².